The van der Waals surface area contributed by atoms with Crippen LogP contribution >= 0.6 is 11.6 Å². The molecule has 0 spiro atoms. The third-order valence-electron chi connectivity index (χ3n) is 3.69. The fourth-order valence-corrected chi connectivity index (χ4v) is 3.97. The first-order valence-corrected chi connectivity index (χ1v) is 9.22. The van der Waals surface area contributed by atoms with E-state index in [0.717, 1.165) is 12.8 Å². The molecular formula is C15H19ClN2O5S. The normalized spacial score (nSPS) is 15.3. The summed E-state index contributed by atoms with van der Waals surface area (Å²) < 4.78 is 31.4. The van der Waals surface area contributed by atoms with Gasteiger partial charge in [-0.25, -0.2) is 13.2 Å². The number of ether oxygens (including phenoxy) is 1. The van der Waals surface area contributed by atoms with Crippen molar-refractivity contribution in [1.29, 1.82) is 0 Å². The fraction of sp³-hybridized carbons (Fsp3) is 0.467. The number of esters is 1. The number of likely N-dealkylation sites (N-methyl/N-ethyl adjacent to an activating group) is 1. The highest BCUT2D eigenvalue weighted by Gasteiger charge is 2.28. The van der Waals surface area contributed by atoms with Gasteiger partial charge in [0.1, 0.15) is 0 Å². The topological polar surface area (TPSA) is 84.0 Å². The van der Waals surface area contributed by atoms with Crippen LogP contribution in [0, 0.1) is 0 Å². The number of amides is 1. The number of hydrogen-bond acceptors (Lipinski definition) is 5. The van der Waals surface area contributed by atoms with E-state index in [4.69, 9.17) is 16.3 Å². The van der Waals surface area contributed by atoms with Gasteiger partial charge in [-0.2, -0.15) is 4.31 Å². The zero-order chi connectivity index (χ0) is 17.9. The number of hydrogen-bond donors (Lipinski definition) is 0. The molecule has 9 heteroatoms. The molecule has 1 aromatic rings. The minimum absolute atomic E-state index is 0.0142. The molecule has 0 atom stereocenters. The third-order valence-corrected chi connectivity index (χ3v) is 5.91. The molecule has 1 amide bonds. The van der Waals surface area contributed by atoms with Crippen molar-refractivity contribution in [3.8, 4) is 0 Å². The number of carbonyl (C=O) groups is 2. The minimum Gasteiger partial charge on any atom is -0.452 e. The number of rotatable bonds is 5. The maximum Gasteiger partial charge on any atom is 0.340 e. The Balaban J connectivity index is 2.22. The number of nitrogens with zero attached hydrogens (tertiary/aromatic N) is 2. The van der Waals surface area contributed by atoms with Crippen molar-refractivity contribution < 1.29 is 22.7 Å². The summed E-state index contributed by atoms with van der Waals surface area (Å²) >= 11 is 5.97. The molecule has 2 rings (SSSR count). The summed E-state index contributed by atoms with van der Waals surface area (Å²) in [6.45, 7) is 0.482. The molecule has 1 heterocycles. The molecule has 0 N–H and O–H groups in total. The lowest BCUT2D eigenvalue weighted by Crippen LogP contribution is -2.28. The average Bonchev–Trinajstić information content (AvgIpc) is 3.07. The van der Waals surface area contributed by atoms with Crippen molar-refractivity contribution in [3.05, 3.63) is 28.8 Å². The van der Waals surface area contributed by atoms with E-state index in [9.17, 15) is 18.0 Å². The van der Waals surface area contributed by atoms with E-state index < -0.39 is 22.6 Å². The second-order valence-corrected chi connectivity index (χ2v) is 7.96. The Kier molecular flexibility index (Phi) is 5.84. The van der Waals surface area contributed by atoms with Crippen LogP contribution in [0.15, 0.2) is 23.1 Å². The Bertz CT molecular complexity index is 742. The first kappa shape index (κ1) is 18.7. The average molecular weight is 375 g/mol. The van der Waals surface area contributed by atoms with Gasteiger partial charge < -0.3 is 9.64 Å². The van der Waals surface area contributed by atoms with Gasteiger partial charge in [0, 0.05) is 27.2 Å². The summed E-state index contributed by atoms with van der Waals surface area (Å²) in [7, 11) is -0.596. The lowest BCUT2D eigenvalue weighted by atomic mass is 10.2. The van der Waals surface area contributed by atoms with Crippen LogP contribution in [0.5, 0.6) is 0 Å². The quantitative estimate of drug-likeness (QED) is 0.727. The smallest absolute Gasteiger partial charge is 0.340 e. The van der Waals surface area contributed by atoms with Crippen LogP contribution in [-0.4, -0.2) is 63.3 Å². The van der Waals surface area contributed by atoms with E-state index in [2.05, 4.69) is 0 Å². The van der Waals surface area contributed by atoms with Crippen LogP contribution in [0.2, 0.25) is 5.02 Å². The summed E-state index contributed by atoms with van der Waals surface area (Å²) in [6.07, 6.45) is 1.63. The van der Waals surface area contributed by atoms with Gasteiger partial charge in [-0.1, -0.05) is 11.6 Å². The monoisotopic (exact) mass is 374 g/mol. The van der Waals surface area contributed by atoms with Gasteiger partial charge in [0.15, 0.2) is 6.61 Å². The molecule has 0 radical (unpaired) electrons. The Hall–Kier alpha value is -1.64. The van der Waals surface area contributed by atoms with E-state index in [1.807, 2.05) is 0 Å². The fourth-order valence-electron chi connectivity index (χ4n) is 2.23. The zero-order valence-electron chi connectivity index (χ0n) is 13.5. The summed E-state index contributed by atoms with van der Waals surface area (Å²) in [5.74, 6) is -1.23. The lowest BCUT2D eigenvalue weighted by molar-refractivity contribution is -0.131. The molecule has 0 saturated carbocycles. The first-order chi connectivity index (χ1) is 11.2. The Morgan fingerprint density at radius 3 is 2.46 bits per heavy atom. The Labute approximate surface area is 146 Å². The van der Waals surface area contributed by atoms with Crippen molar-refractivity contribution in [2.45, 2.75) is 17.7 Å². The highest BCUT2D eigenvalue weighted by molar-refractivity contribution is 7.89. The van der Waals surface area contributed by atoms with Crippen LogP contribution < -0.4 is 0 Å². The zero-order valence-corrected chi connectivity index (χ0v) is 15.1. The van der Waals surface area contributed by atoms with Crippen LogP contribution in [0.3, 0.4) is 0 Å². The second kappa shape index (κ2) is 7.50. The molecule has 1 aliphatic rings. The van der Waals surface area contributed by atoms with E-state index in [-0.39, 0.29) is 21.4 Å². The standard InChI is InChI=1S/C15H19ClN2O5S/c1-17(2)14(19)10-23-15(20)12-9-11(5-6-13(12)16)24(21,22)18-7-3-4-8-18/h5-6,9H,3-4,7-8,10H2,1-2H3. The number of carbonyl (C=O) groups excluding carboxylic acids is 2. The van der Waals surface area contributed by atoms with Crippen LogP contribution in [0.25, 0.3) is 0 Å². The highest BCUT2D eigenvalue weighted by Crippen LogP contribution is 2.25. The molecule has 7 nitrogen and oxygen atoms in total. The van der Waals surface area contributed by atoms with Gasteiger partial charge in [-0.3, -0.25) is 4.79 Å². The molecular weight excluding hydrogens is 356 g/mol. The molecule has 1 fully saturated rings. The number of benzene rings is 1. The van der Waals surface area contributed by atoms with Crippen molar-refractivity contribution in [1.82, 2.24) is 9.21 Å². The lowest BCUT2D eigenvalue weighted by Gasteiger charge is -2.16. The SMILES string of the molecule is CN(C)C(=O)COC(=O)c1cc(S(=O)(=O)N2CCCC2)ccc1Cl. The highest BCUT2D eigenvalue weighted by atomic mass is 35.5. The first-order valence-electron chi connectivity index (χ1n) is 7.40. The van der Waals surface area contributed by atoms with E-state index in [0.29, 0.717) is 13.1 Å². The van der Waals surface area contributed by atoms with Crippen LogP contribution in [-0.2, 0) is 19.6 Å². The van der Waals surface area contributed by atoms with Gasteiger partial charge >= 0.3 is 5.97 Å². The number of halogens is 1. The predicted molar refractivity (Wildman–Crippen MR) is 88.4 cm³/mol. The second-order valence-electron chi connectivity index (χ2n) is 5.62. The van der Waals surface area contributed by atoms with Gasteiger partial charge in [-0.15, -0.1) is 0 Å². The largest absolute Gasteiger partial charge is 0.452 e. The van der Waals surface area contributed by atoms with Crippen molar-refractivity contribution in [2.75, 3.05) is 33.8 Å². The third kappa shape index (κ3) is 4.06. The van der Waals surface area contributed by atoms with Crippen molar-refractivity contribution in [2.24, 2.45) is 0 Å². The van der Waals surface area contributed by atoms with E-state index in [1.54, 1.807) is 0 Å². The molecule has 1 saturated heterocycles. The molecule has 0 bridgehead atoms. The minimum atomic E-state index is -3.66. The molecule has 1 aliphatic heterocycles. The van der Waals surface area contributed by atoms with Crippen molar-refractivity contribution in [3.63, 3.8) is 0 Å². The van der Waals surface area contributed by atoms with Gasteiger partial charge in [0.25, 0.3) is 5.91 Å². The molecule has 132 valence electrons. The molecule has 0 unspecified atom stereocenters. The van der Waals surface area contributed by atoms with Crippen molar-refractivity contribution >= 4 is 33.5 Å². The summed E-state index contributed by atoms with van der Waals surface area (Å²) in [4.78, 5) is 24.9. The number of sulfonamides is 1. The summed E-state index contributed by atoms with van der Waals surface area (Å²) in [5.41, 5.74) is -0.0801. The maximum absolute atomic E-state index is 12.5. The van der Waals surface area contributed by atoms with Gasteiger partial charge in [0.2, 0.25) is 10.0 Å². The predicted octanol–water partition coefficient (Wildman–Crippen LogP) is 1.37. The summed E-state index contributed by atoms with van der Waals surface area (Å²) in [5, 5.41) is 0.0673. The van der Waals surface area contributed by atoms with Crippen LogP contribution in [0.1, 0.15) is 23.2 Å². The summed E-state index contributed by atoms with van der Waals surface area (Å²) in [6, 6.07) is 3.89. The molecule has 0 aliphatic carbocycles. The molecule has 0 aromatic heterocycles. The van der Waals surface area contributed by atoms with E-state index in [1.165, 1.54) is 41.5 Å². The van der Waals surface area contributed by atoms with Crippen LogP contribution in [0.4, 0.5) is 0 Å². The Morgan fingerprint density at radius 2 is 1.88 bits per heavy atom. The molecule has 1 aromatic carbocycles. The van der Waals surface area contributed by atoms with Gasteiger partial charge in [-0.05, 0) is 31.0 Å². The Morgan fingerprint density at radius 1 is 1.25 bits per heavy atom. The van der Waals surface area contributed by atoms with Gasteiger partial charge in [0.05, 0.1) is 15.5 Å². The maximum atomic E-state index is 12.5. The van der Waals surface area contributed by atoms with E-state index >= 15 is 0 Å². The molecule has 24 heavy (non-hydrogen) atoms.